The maximum atomic E-state index is 16.1. The molecule has 1 heterocycles. The predicted molar refractivity (Wildman–Crippen MR) is 341 cm³/mol. The Morgan fingerprint density at radius 3 is 0.759 bits per heavy atom. The van der Waals surface area contributed by atoms with E-state index in [0.29, 0.717) is 16.7 Å². The molecule has 87 heavy (non-hydrogen) atoms. The van der Waals surface area contributed by atoms with E-state index >= 15 is 14.4 Å². The van der Waals surface area contributed by atoms with E-state index in [1.165, 1.54) is 51.1 Å². The van der Waals surface area contributed by atoms with Crippen molar-refractivity contribution in [1.82, 2.24) is 0 Å². The molecule has 0 atom stereocenters. The third-order valence-corrected chi connectivity index (χ3v) is 17.6. The zero-order valence-corrected chi connectivity index (χ0v) is 45.8. The Bertz CT molecular complexity index is 4960. The number of hydrogen-bond donors (Lipinski definition) is 0. The Hall–Kier alpha value is -12.0. The van der Waals surface area contributed by atoms with Crippen molar-refractivity contribution in [3.05, 3.63) is 282 Å². The standard InChI is InChI=1S/C72H42N6O9/c79-70-52-29-56(35-59(31-52)77(84)85)74(38-50-20-17-47-14-11-41-5-2-8-44-23-26-62(50)68(47)65(41)44)72(81)54-30-57(36-60(33-54)78(86)87)75(39-51-21-18-48-15-12-42-6-3-9-45-24-27-63(51)69(48)66(42)45)71(80)53-28-55(34-58(32-53)76(82)83)73(70)37-49-19-16-46-13-10-40-4-1-7-43-22-25-61(49)67(46)64(40)43/h1-36H,37-39H2. The summed E-state index contributed by atoms with van der Waals surface area (Å²) in [5.41, 5.74) is -0.967. The van der Waals surface area contributed by atoms with Gasteiger partial charge in [0.05, 0.1) is 51.5 Å². The summed E-state index contributed by atoms with van der Waals surface area (Å²) >= 11 is 0. The molecule has 0 unspecified atom stereocenters. The van der Waals surface area contributed by atoms with E-state index in [-0.39, 0.29) is 53.4 Å². The number of hydrogen-bond acceptors (Lipinski definition) is 9. The van der Waals surface area contributed by atoms with Gasteiger partial charge in [0.2, 0.25) is 0 Å². The maximum Gasteiger partial charge on any atom is 0.272 e. The van der Waals surface area contributed by atoms with Gasteiger partial charge in [-0.1, -0.05) is 164 Å². The molecule has 0 N–H and O–H groups in total. The van der Waals surface area contributed by atoms with Crippen LogP contribution in [0.1, 0.15) is 47.8 Å². The molecule has 0 aromatic heterocycles. The molecule has 0 fully saturated rings. The van der Waals surface area contributed by atoms with Crippen LogP contribution in [0.5, 0.6) is 0 Å². The highest BCUT2D eigenvalue weighted by atomic mass is 16.6. The van der Waals surface area contributed by atoms with Gasteiger partial charge in [0, 0.05) is 53.1 Å². The van der Waals surface area contributed by atoms with Crippen molar-refractivity contribution < 1.29 is 29.2 Å². The van der Waals surface area contributed by atoms with Gasteiger partial charge in [-0.3, -0.25) is 44.7 Å². The predicted octanol–water partition coefficient (Wildman–Crippen LogP) is 17.0. The Morgan fingerprint density at radius 2 is 0.506 bits per heavy atom. The summed E-state index contributed by atoms with van der Waals surface area (Å²) < 4.78 is 0. The number of rotatable bonds is 9. The number of carbonyl (C=O) groups is 3. The smallest absolute Gasteiger partial charge is 0.272 e. The van der Waals surface area contributed by atoms with Crippen LogP contribution in [0, 0.1) is 30.3 Å². The molecule has 6 bridgehead atoms. The van der Waals surface area contributed by atoms with E-state index in [0.717, 1.165) is 115 Å². The quantitative estimate of drug-likeness (QED) is 0.0769. The van der Waals surface area contributed by atoms with Crippen molar-refractivity contribution >= 4 is 149 Å². The minimum absolute atomic E-state index is 0.102. The summed E-state index contributed by atoms with van der Waals surface area (Å²) in [6, 6.07) is 64.3. The van der Waals surface area contributed by atoms with Crippen molar-refractivity contribution in [2.24, 2.45) is 0 Å². The van der Waals surface area contributed by atoms with Crippen LogP contribution in [0.2, 0.25) is 0 Å². The number of carbonyl (C=O) groups excluding carboxylic acids is 3. The minimum atomic E-state index is -0.851. The van der Waals surface area contributed by atoms with Crippen LogP contribution in [0.4, 0.5) is 34.1 Å². The molecular weight excluding hydrogens is 1090 g/mol. The lowest BCUT2D eigenvalue weighted by Gasteiger charge is -2.27. The third kappa shape index (κ3) is 8.01. The molecule has 16 rings (SSSR count). The van der Waals surface area contributed by atoms with E-state index < -0.39 is 49.6 Å². The first-order valence-electron chi connectivity index (χ1n) is 28.1. The number of nitro benzene ring substituents is 3. The number of non-ortho nitro benzene ring substituents is 3. The first-order valence-corrected chi connectivity index (χ1v) is 28.1. The summed E-state index contributed by atoms with van der Waals surface area (Å²) in [5, 5.41) is 56.6. The summed E-state index contributed by atoms with van der Waals surface area (Å²) in [7, 11) is 0. The SMILES string of the molecule is O=C1c2cc(cc([N+](=O)[O-])c2)N(Cc2ccc3ccc4cccc5ccc2c3c45)C(=O)c2cc(cc([N+](=O)[O-])c2)N(Cc2ccc3ccc4cccc5ccc2c3c45)C(=O)c2cc(cc([N+](=O)[O-])c2)N1Cc1ccc2ccc3cccc4ccc1c2c34. The molecule has 0 radical (unpaired) electrons. The Morgan fingerprint density at radius 1 is 0.276 bits per heavy atom. The molecule has 0 aliphatic carbocycles. The lowest BCUT2D eigenvalue weighted by Crippen LogP contribution is -2.33. The van der Waals surface area contributed by atoms with Crippen molar-refractivity contribution in [2.75, 3.05) is 14.7 Å². The summed E-state index contributed by atoms with van der Waals surface area (Å²) in [5.74, 6) is -2.55. The highest BCUT2D eigenvalue weighted by Crippen LogP contribution is 2.43. The van der Waals surface area contributed by atoms with Gasteiger partial charge in [-0.2, -0.15) is 0 Å². The molecule has 15 heteroatoms. The molecule has 15 nitrogen and oxygen atoms in total. The fourth-order valence-corrected chi connectivity index (χ4v) is 13.6. The van der Waals surface area contributed by atoms with Crippen LogP contribution in [-0.4, -0.2) is 32.5 Å². The number of nitro groups is 3. The van der Waals surface area contributed by atoms with Gasteiger partial charge in [-0.15, -0.1) is 0 Å². The maximum absolute atomic E-state index is 16.1. The second-order valence-electron chi connectivity index (χ2n) is 22.4. The Balaban J connectivity index is 0.955. The normalized spacial score (nSPS) is 13.2. The van der Waals surface area contributed by atoms with Crippen LogP contribution < -0.4 is 14.7 Å². The highest BCUT2D eigenvalue weighted by molar-refractivity contribution is 6.26. The highest BCUT2D eigenvalue weighted by Gasteiger charge is 2.33. The zero-order chi connectivity index (χ0) is 59.1. The van der Waals surface area contributed by atoms with Gasteiger partial charge in [0.15, 0.2) is 0 Å². The molecule has 15 aromatic carbocycles. The topological polar surface area (TPSA) is 190 Å². The van der Waals surface area contributed by atoms with Gasteiger partial charge in [-0.25, -0.2) is 0 Å². The van der Waals surface area contributed by atoms with Crippen LogP contribution in [-0.2, 0) is 19.6 Å². The molecular formula is C72H42N6O9. The third-order valence-electron chi connectivity index (χ3n) is 17.6. The van der Waals surface area contributed by atoms with Gasteiger partial charge in [-0.05, 0) is 132 Å². The Labute approximate surface area is 492 Å². The second kappa shape index (κ2) is 19.0. The lowest BCUT2D eigenvalue weighted by atomic mass is 9.91. The zero-order valence-electron chi connectivity index (χ0n) is 45.8. The average molecular weight is 1140 g/mol. The first kappa shape index (κ1) is 50.7. The summed E-state index contributed by atoms with van der Waals surface area (Å²) in [4.78, 5) is 89.9. The number of amides is 3. The molecule has 0 saturated carbocycles. The molecule has 414 valence electrons. The van der Waals surface area contributed by atoms with E-state index in [4.69, 9.17) is 0 Å². The lowest BCUT2D eigenvalue weighted by molar-refractivity contribution is -0.385. The van der Waals surface area contributed by atoms with Crippen molar-refractivity contribution in [2.45, 2.75) is 19.6 Å². The largest absolute Gasteiger partial charge is 0.304 e. The number of fused-ring (bicyclic) bond motifs is 6. The molecule has 0 saturated heterocycles. The Kier molecular flexibility index (Phi) is 11.1. The fourth-order valence-electron chi connectivity index (χ4n) is 13.6. The van der Waals surface area contributed by atoms with Crippen molar-refractivity contribution in [3.63, 3.8) is 0 Å². The number of nitrogens with zero attached hydrogens (tertiary/aromatic N) is 6. The molecule has 3 amide bonds. The monoisotopic (exact) mass is 1130 g/mol. The fraction of sp³-hybridized carbons (Fsp3) is 0.0417. The van der Waals surface area contributed by atoms with E-state index in [1.54, 1.807) is 0 Å². The van der Waals surface area contributed by atoms with Crippen molar-refractivity contribution in [3.8, 4) is 0 Å². The van der Waals surface area contributed by atoms with Crippen LogP contribution in [0.3, 0.4) is 0 Å². The van der Waals surface area contributed by atoms with Crippen LogP contribution >= 0.6 is 0 Å². The molecule has 1 aliphatic heterocycles. The van der Waals surface area contributed by atoms with E-state index in [9.17, 15) is 30.3 Å². The molecule has 1 aliphatic rings. The van der Waals surface area contributed by atoms with Gasteiger partial charge >= 0.3 is 0 Å². The first-order chi connectivity index (χ1) is 42.3. The van der Waals surface area contributed by atoms with Crippen LogP contribution in [0.25, 0.3) is 97.0 Å². The van der Waals surface area contributed by atoms with Gasteiger partial charge in [0.25, 0.3) is 34.8 Å². The second-order valence-corrected chi connectivity index (χ2v) is 22.4. The van der Waals surface area contributed by atoms with Gasteiger partial charge < -0.3 is 14.7 Å². The summed E-state index contributed by atoms with van der Waals surface area (Å²) in [6.45, 7) is -0.778. The van der Waals surface area contributed by atoms with Gasteiger partial charge in [0.1, 0.15) is 0 Å². The number of anilines is 3. The number of benzene rings is 15. The van der Waals surface area contributed by atoms with E-state index in [1.807, 2.05) is 164 Å². The van der Waals surface area contributed by atoms with E-state index in [2.05, 4.69) is 0 Å². The molecule has 15 aromatic rings. The molecule has 0 spiro atoms. The summed E-state index contributed by atoms with van der Waals surface area (Å²) in [6.07, 6.45) is 0. The van der Waals surface area contributed by atoms with Crippen LogP contribution in [0.15, 0.2) is 218 Å². The average Bonchev–Trinajstić information content (AvgIpc) is 1.07. The van der Waals surface area contributed by atoms with Crippen molar-refractivity contribution in [1.29, 1.82) is 0 Å². The minimum Gasteiger partial charge on any atom is -0.304 e.